The zero-order valence-electron chi connectivity index (χ0n) is 38.8. The first-order chi connectivity index (χ1) is 32.0. The fourth-order valence-corrected chi connectivity index (χ4v) is 9.80. The van der Waals surface area contributed by atoms with Crippen molar-refractivity contribution in [2.24, 2.45) is 7.05 Å². The van der Waals surface area contributed by atoms with Crippen molar-refractivity contribution < 1.29 is 38.6 Å². The van der Waals surface area contributed by atoms with Crippen LogP contribution in [0.15, 0.2) is 29.2 Å². The Bertz CT molecular complexity index is 3070. The molecule has 8 bridgehead atoms. The van der Waals surface area contributed by atoms with Crippen LogP contribution in [0.5, 0.6) is 0 Å². The van der Waals surface area contributed by atoms with Crippen LogP contribution in [0.3, 0.4) is 0 Å². The number of carboxylic acid groups (broad SMARTS) is 1. The zero-order valence-corrected chi connectivity index (χ0v) is 38.8. The third-order valence-corrected chi connectivity index (χ3v) is 13.6. The van der Waals surface area contributed by atoms with Crippen molar-refractivity contribution in [1.82, 2.24) is 54.9 Å². The molecule has 2 unspecified atom stereocenters. The lowest BCUT2D eigenvalue weighted by Gasteiger charge is -2.21. The number of hydrogen-bond acceptors (Lipinski definition) is 13. The number of carboxylic acids is 1. The Morgan fingerprint density at radius 2 is 1.67 bits per heavy atom. The first-order valence-corrected chi connectivity index (χ1v) is 22.5. The van der Waals surface area contributed by atoms with Crippen LogP contribution in [0.25, 0.3) is 27.8 Å². The molecule has 6 atom stereocenters. The first kappa shape index (κ1) is 46.4. The number of ether oxygens (including phenoxy) is 2. The van der Waals surface area contributed by atoms with Gasteiger partial charge in [-0.3, -0.25) is 29.1 Å². The van der Waals surface area contributed by atoms with E-state index in [4.69, 9.17) is 19.4 Å². The van der Waals surface area contributed by atoms with Crippen molar-refractivity contribution in [3.8, 4) is 0 Å². The number of carbonyl (C=O) groups is 5. The number of hydrogen-bond donors (Lipinski definition) is 5. The smallest absolute Gasteiger partial charge is 0.352 e. The van der Waals surface area contributed by atoms with Gasteiger partial charge in [0.05, 0.1) is 37.1 Å². The number of aromatic nitrogens is 9. The molecular formula is C47H55N11O9. The Morgan fingerprint density at radius 3 is 2.39 bits per heavy atom. The number of ketones is 1. The fraction of sp³-hybridized carbons (Fsp3) is 0.468. The number of fused-ring (bicyclic) bond motifs is 9. The van der Waals surface area contributed by atoms with Gasteiger partial charge in [0.15, 0.2) is 5.78 Å². The molecule has 5 aromatic rings. The number of H-pyrrole nitrogens is 2. The van der Waals surface area contributed by atoms with Gasteiger partial charge in [0.2, 0.25) is 5.91 Å². The summed E-state index contributed by atoms with van der Waals surface area (Å²) in [5, 5.41) is 22.6. The molecule has 0 radical (unpaired) electrons. The summed E-state index contributed by atoms with van der Waals surface area (Å²) in [7, 11) is 2.73. The first-order valence-electron chi connectivity index (χ1n) is 22.5. The number of Topliss-reactive ketones (excluding diaryl/α,β-unsaturated/α-hetero) is 1. The van der Waals surface area contributed by atoms with Gasteiger partial charge in [0.25, 0.3) is 11.7 Å². The third-order valence-electron chi connectivity index (χ3n) is 13.6. The summed E-state index contributed by atoms with van der Waals surface area (Å²) >= 11 is 0. The zero-order chi connectivity index (χ0) is 48.0. The molecule has 8 rings (SSSR count). The Hall–Kier alpha value is -7.09. The lowest BCUT2D eigenvalue weighted by atomic mass is 9.83. The molecule has 5 aromatic heterocycles. The number of nitrogens with zero attached hydrogens (tertiary/aromatic N) is 7. The molecule has 0 aromatic carbocycles. The van der Waals surface area contributed by atoms with E-state index >= 15 is 0 Å². The van der Waals surface area contributed by atoms with Gasteiger partial charge in [0.1, 0.15) is 17.7 Å². The molecule has 0 saturated heterocycles. The van der Waals surface area contributed by atoms with E-state index in [1.807, 2.05) is 32.9 Å². The molecule has 2 amide bonds. The maximum absolute atomic E-state index is 13.8. The summed E-state index contributed by atoms with van der Waals surface area (Å²) < 4.78 is 13.6. The van der Waals surface area contributed by atoms with Gasteiger partial charge >= 0.3 is 17.6 Å². The molecule has 67 heavy (non-hydrogen) atoms. The van der Waals surface area contributed by atoms with E-state index in [-0.39, 0.29) is 85.9 Å². The maximum Gasteiger partial charge on any atom is 0.352 e. The second-order valence-electron chi connectivity index (χ2n) is 17.7. The lowest BCUT2D eigenvalue weighted by Crippen LogP contribution is -2.41. The number of aliphatic carboxylic acids is 1. The second kappa shape index (κ2) is 18.7. The highest BCUT2D eigenvalue weighted by atomic mass is 16.5. The van der Waals surface area contributed by atoms with Crippen LogP contribution < -0.4 is 16.3 Å². The minimum Gasteiger partial charge on any atom is -0.480 e. The average Bonchev–Trinajstić information content (AvgIpc) is 4.06. The summed E-state index contributed by atoms with van der Waals surface area (Å²) in [6.45, 7) is 12.2. The van der Waals surface area contributed by atoms with E-state index < -0.39 is 35.5 Å². The van der Waals surface area contributed by atoms with Crippen LogP contribution in [-0.4, -0.2) is 105 Å². The normalized spacial score (nSPS) is 19.4. The van der Waals surface area contributed by atoms with E-state index in [1.165, 1.54) is 14.2 Å². The molecule has 5 N–H and O–H groups in total. The van der Waals surface area contributed by atoms with Crippen LogP contribution in [0, 0.1) is 13.8 Å². The topological polar surface area (TPSA) is 271 Å². The Morgan fingerprint density at radius 1 is 0.970 bits per heavy atom. The number of imidazole rings is 1. The van der Waals surface area contributed by atoms with Crippen LogP contribution in [0.1, 0.15) is 155 Å². The Kier molecular flexibility index (Phi) is 12.9. The van der Waals surface area contributed by atoms with Gasteiger partial charge in [-0.1, -0.05) is 31.1 Å². The summed E-state index contributed by atoms with van der Waals surface area (Å²) in [6, 6.07) is 4.70. The largest absolute Gasteiger partial charge is 0.480 e. The molecule has 0 saturated carbocycles. The monoisotopic (exact) mass is 917 g/mol. The molecule has 0 aliphatic carbocycles. The minimum atomic E-state index is -1.31. The number of carbonyl (C=O) groups excluding carboxylic acids is 4. The van der Waals surface area contributed by atoms with Gasteiger partial charge in [-0.05, 0) is 75.8 Å². The lowest BCUT2D eigenvalue weighted by molar-refractivity contribution is -0.144. The summed E-state index contributed by atoms with van der Waals surface area (Å²) in [4.78, 5) is 99.7. The van der Waals surface area contributed by atoms with Crippen LogP contribution >= 0.6 is 0 Å². The molecule has 0 spiro atoms. The van der Waals surface area contributed by atoms with Gasteiger partial charge < -0.3 is 35.2 Å². The molecule has 8 heterocycles. The van der Waals surface area contributed by atoms with Crippen LogP contribution in [-0.2, 0) is 37.5 Å². The van der Waals surface area contributed by atoms with E-state index in [0.717, 1.165) is 60.8 Å². The molecule has 352 valence electrons. The number of aryl methyl sites for hydroxylation is 3. The number of esters is 1. The van der Waals surface area contributed by atoms with Gasteiger partial charge in [-0.15, -0.1) is 0 Å². The van der Waals surface area contributed by atoms with E-state index in [2.05, 4.69) is 55.8 Å². The van der Waals surface area contributed by atoms with Gasteiger partial charge in [-0.25, -0.2) is 19.0 Å². The van der Waals surface area contributed by atoms with Crippen molar-refractivity contribution in [3.63, 3.8) is 0 Å². The molecule has 0 fully saturated rings. The standard InChI is InChI=1S/C47H55N11O9/c1-9-26-21(2)31-17-36-39(25(6)59)24(5)34(50-36)15-32-22(3)27(41(51-32)40-29(45(64)66-8)20-67-19-28-23(4)33(52-42(28)40)16-35(26)49-31)12-13-38(60)48-14-10-11-30(44(62)63)53-43(61)37-18-58-46(54-37)55-56-57(7)47(58)65/h15-18,21-22,26-27,29-30,50,52H,9-14,19-20H2,1-8H3,(H,48,60)(H,53,61)(H,62,63)/t21-,22+,26-,27+,29?,30?/m0/s1. The van der Waals surface area contributed by atoms with E-state index in [0.29, 0.717) is 40.0 Å². The van der Waals surface area contributed by atoms with Gasteiger partial charge in [-0.2, -0.15) is 4.68 Å². The number of amides is 2. The molecule has 3 aliphatic rings. The molecule has 20 nitrogen and oxygen atoms in total. The SMILES string of the molecule is CC[C@@H]1c2cc3[nH]c4c(c3C)COCC(C(=O)OC)c4c3nc(cc4[nH]c(cc(n2)[C@H]1C)c(C(C)=O)c4C)[C@H](C)[C@H]3CCC(=O)NCCCC(NC(=O)c1cn2c(=O)n(C)nnc2n1)C(=O)O. The predicted molar refractivity (Wildman–Crippen MR) is 244 cm³/mol. The Labute approximate surface area is 384 Å². The number of nitrogens with one attached hydrogen (secondary N) is 4. The van der Waals surface area contributed by atoms with Crippen molar-refractivity contribution >= 4 is 57.4 Å². The summed E-state index contributed by atoms with van der Waals surface area (Å²) in [5.41, 5.74) is 9.08. The summed E-state index contributed by atoms with van der Waals surface area (Å²) in [5.74, 6) is -4.31. The van der Waals surface area contributed by atoms with Gasteiger partial charge in [0, 0.05) is 94.7 Å². The molecule has 20 heteroatoms. The second-order valence-corrected chi connectivity index (χ2v) is 17.7. The third kappa shape index (κ3) is 8.72. The summed E-state index contributed by atoms with van der Waals surface area (Å²) in [6.07, 6.45) is 2.61. The highest BCUT2D eigenvalue weighted by Crippen LogP contribution is 2.46. The quantitative estimate of drug-likeness (QED) is 0.0603. The minimum absolute atomic E-state index is 0.0126. The molecule has 3 aliphatic heterocycles. The van der Waals surface area contributed by atoms with Crippen molar-refractivity contribution in [1.29, 1.82) is 0 Å². The predicted octanol–water partition coefficient (Wildman–Crippen LogP) is 4.80. The number of aromatic amines is 2. The van der Waals surface area contributed by atoms with Crippen molar-refractivity contribution in [3.05, 3.63) is 91.2 Å². The van der Waals surface area contributed by atoms with Crippen molar-refractivity contribution in [2.75, 3.05) is 20.3 Å². The highest BCUT2D eigenvalue weighted by Gasteiger charge is 2.38. The van der Waals surface area contributed by atoms with Crippen LogP contribution in [0.2, 0.25) is 0 Å². The van der Waals surface area contributed by atoms with Crippen molar-refractivity contribution in [2.45, 2.75) is 116 Å². The van der Waals surface area contributed by atoms with E-state index in [1.54, 1.807) is 6.92 Å². The number of methoxy groups -OCH3 is 1. The average molecular weight is 918 g/mol. The number of rotatable bonds is 13. The Balaban J connectivity index is 1.11. The maximum atomic E-state index is 13.8. The van der Waals surface area contributed by atoms with E-state index in [9.17, 15) is 33.9 Å². The van der Waals surface area contributed by atoms with Crippen LogP contribution in [0.4, 0.5) is 0 Å². The fourth-order valence-electron chi connectivity index (χ4n) is 9.80. The highest BCUT2D eigenvalue weighted by molar-refractivity contribution is 6.05. The molecular weight excluding hydrogens is 863 g/mol.